The average molecular weight is 216 g/mol. The van der Waals surface area contributed by atoms with Gasteiger partial charge in [-0.3, -0.25) is 0 Å². The predicted molar refractivity (Wildman–Crippen MR) is 61.9 cm³/mol. The van der Waals surface area contributed by atoms with Crippen molar-refractivity contribution >= 4 is 5.82 Å². The maximum absolute atomic E-state index is 8.97. The number of rotatable bonds is 2. The molecule has 1 aliphatic heterocycles. The maximum atomic E-state index is 8.97. The van der Waals surface area contributed by atoms with Crippen molar-refractivity contribution in [2.75, 3.05) is 18.0 Å². The van der Waals surface area contributed by atoms with Crippen LogP contribution in [-0.2, 0) is 0 Å². The SMILES string of the molecule is CC(C)C1CCN(c2nccnc2C#N)C1. The third-order valence-electron chi connectivity index (χ3n) is 3.25. The van der Waals surface area contributed by atoms with Gasteiger partial charge in [0.25, 0.3) is 0 Å². The monoisotopic (exact) mass is 216 g/mol. The van der Waals surface area contributed by atoms with Crippen molar-refractivity contribution in [1.82, 2.24) is 9.97 Å². The van der Waals surface area contributed by atoms with Crippen molar-refractivity contribution in [3.8, 4) is 6.07 Å². The summed E-state index contributed by atoms with van der Waals surface area (Å²) in [6.07, 6.45) is 4.40. The van der Waals surface area contributed by atoms with Crippen molar-refractivity contribution in [1.29, 1.82) is 5.26 Å². The first kappa shape index (κ1) is 10.9. The Labute approximate surface area is 95.9 Å². The molecule has 1 saturated heterocycles. The standard InChI is InChI=1S/C12H16N4/c1-9(2)10-3-6-16(8-10)12-11(7-13)14-4-5-15-12/h4-5,9-10H,3,6,8H2,1-2H3. The summed E-state index contributed by atoms with van der Waals surface area (Å²) in [6.45, 7) is 6.47. The first-order valence-corrected chi connectivity index (χ1v) is 5.68. The average Bonchev–Trinajstić information content (AvgIpc) is 2.78. The lowest BCUT2D eigenvalue weighted by Gasteiger charge is -2.19. The van der Waals surface area contributed by atoms with E-state index in [1.54, 1.807) is 12.4 Å². The molecule has 0 aromatic carbocycles. The molecule has 0 radical (unpaired) electrons. The van der Waals surface area contributed by atoms with Crippen molar-refractivity contribution in [3.63, 3.8) is 0 Å². The number of aromatic nitrogens is 2. The smallest absolute Gasteiger partial charge is 0.183 e. The van der Waals surface area contributed by atoms with Gasteiger partial charge in [0.2, 0.25) is 0 Å². The van der Waals surface area contributed by atoms with E-state index in [-0.39, 0.29) is 0 Å². The van der Waals surface area contributed by atoms with E-state index in [2.05, 4.69) is 34.8 Å². The largest absolute Gasteiger partial charge is 0.354 e. The van der Waals surface area contributed by atoms with Gasteiger partial charge in [0.1, 0.15) is 6.07 Å². The van der Waals surface area contributed by atoms with E-state index >= 15 is 0 Å². The minimum absolute atomic E-state index is 0.437. The molecule has 1 aromatic heterocycles. The van der Waals surface area contributed by atoms with Crippen LogP contribution in [0, 0.1) is 23.2 Å². The number of anilines is 1. The Kier molecular flexibility index (Phi) is 3.04. The Morgan fingerprint density at radius 3 is 2.81 bits per heavy atom. The first-order valence-electron chi connectivity index (χ1n) is 5.68. The zero-order valence-electron chi connectivity index (χ0n) is 9.72. The predicted octanol–water partition coefficient (Wildman–Crippen LogP) is 1.83. The zero-order chi connectivity index (χ0) is 11.5. The fourth-order valence-corrected chi connectivity index (χ4v) is 2.16. The van der Waals surface area contributed by atoms with E-state index in [9.17, 15) is 0 Å². The highest BCUT2D eigenvalue weighted by atomic mass is 15.2. The molecule has 2 rings (SSSR count). The van der Waals surface area contributed by atoms with Crippen LogP contribution >= 0.6 is 0 Å². The molecule has 84 valence electrons. The summed E-state index contributed by atoms with van der Waals surface area (Å²) in [5, 5.41) is 8.97. The molecule has 1 aliphatic rings. The summed E-state index contributed by atoms with van der Waals surface area (Å²) >= 11 is 0. The summed E-state index contributed by atoms with van der Waals surface area (Å²) in [7, 11) is 0. The number of hydrogen-bond donors (Lipinski definition) is 0. The van der Waals surface area contributed by atoms with Crippen LogP contribution in [0.2, 0.25) is 0 Å². The molecule has 1 unspecified atom stereocenters. The molecule has 1 fully saturated rings. The summed E-state index contributed by atoms with van der Waals surface area (Å²) in [6, 6.07) is 2.10. The first-order chi connectivity index (χ1) is 7.72. The number of hydrogen-bond acceptors (Lipinski definition) is 4. The van der Waals surface area contributed by atoms with E-state index in [4.69, 9.17) is 5.26 Å². The van der Waals surface area contributed by atoms with Crippen LogP contribution in [0.1, 0.15) is 26.0 Å². The van der Waals surface area contributed by atoms with Gasteiger partial charge in [0.15, 0.2) is 11.5 Å². The van der Waals surface area contributed by atoms with Crippen LogP contribution < -0.4 is 4.90 Å². The fraction of sp³-hybridized carbons (Fsp3) is 0.583. The molecule has 1 aromatic rings. The van der Waals surface area contributed by atoms with Crippen molar-refractivity contribution in [3.05, 3.63) is 18.1 Å². The maximum Gasteiger partial charge on any atom is 0.183 e. The van der Waals surface area contributed by atoms with Gasteiger partial charge in [-0.15, -0.1) is 0 Å². The highest BCUT2D eigenvalue weighted by Gasteiger charge is 2.27. The van der Waals surface area contributed by atoms with E-state index in [1.165, 1.54) is 6.42 Å². The molecule has 4 nitrogen and oxygen atoms in total. The molecule has 0 spiro atoms. The summed E-state index contributed by atoms with van der Waals surface area (Å²) in [5.74, 6) is 2.13. The third-order valence-corrected chi connectivity index (χ3v) is 3.25. The Morgan fingerprint density at radius 2 is 2.19 bits per heavy atom. The molecule has 0 aliphatic carbocycles. The van der Waals surface area contributed by atoms with E-state index in [1.807, 2.05) is 0 Å². The van der Waals surface area contributed by atoms with Gasteiger partial charge >= 0.3 is 0 Å². The molecule has 4 heteroatoms. The van der Waals surface area contributed by atoms with Crippen LogP contribution in [0.3, 0.4) is 0 Å². The lowest BCUT2D eigenvalue weighted by Crippen LogP contribution is -2.23. The Hall–Kier alpha value is -1.63. The van der Waals surface area contributed by atoms with Crippen LogP contribution in [0.15, 0.2) is 12.4 Å². The summed E-state index contributed by atoms with van der Waals surface area (Å²) in [4.78, 5) is 10.5. The lowest BCUT2D eigenvalue weighted by atomic mass is 9.95. The topological polar surface area (TPSA) is 52.8 Å². The Balaban J connectivity index is 2.18. The van der Waals surface area contributed by atoms with Crippen LogP contribution in [0.25, 0.3) is 0 Å². The van der Waals surface area contributed by atoms with Gasteiger partial charge < -0.3 is 4.90 Å². The van der Waals surface area contributed by atoms with Crippen LogP contribution in [0.4, 0.5) is 5.82 Å². The molecule has 0 bridgehead atoms. The molecule has 0 N–H and O–H groups in total. The molecule has 1 atom stereocenters. The van der Waals surface area contributed by atoms with Gasteiger partial charge in [0.05, 0.1) is 0 Å². The second-order valence-corrected chi connectivity index (χ2v) is 4.58. The molecule has 16 heavy (non-hydrogen) atoms. The third kappa shape index (κ3) is 1.99. The summed E-state index contributed by atoms with van der Waals surface area (Å²) in [5.41, 5.74) is 0.437. The minimum atomic E-state index is 0.437. The van der Waals surface area contributed by atoms with Crippen molar-refractivity contribution in [2.45, 2.75) is 20.3 Å². The highest BCUT2D eigenvalue weighted by Crippen LogP contribution is 2.27. The van der Waals surface area contributed by atoms with Gasteiger partial charge in [0, 0.05) is 25.5 Å². The van der Waals surface area contributed by atoms with E-state index in [0.29, 0.717) is 17.5 Å². The Morgan fingerprint density at radius 1 is 1.44 bits per heavy atom. The molecular formula is C12H16N4. The molecular weight excluding hydrogens is 200 g/mol. The van der Waals surface area contributed by atoms with Gasteiger partial charge in [-0.1, -0.05) is 13.8 Å². The van der Waals surface area contributed by atoms with Crippen molar-refractivity contribution < 1.29 is 0 Å². The van der Waals surface area contributed by atoms with Gasteiger partial charge in [-0.05, 0) is 18.3 Å². The second-order valence-electron chi connectivity index (χ2n) is 4.58. The highest BCUT2D eigenvalue weighted by molar-refractivity contribution is 5.50. The number of nitrogens with zero attached hydrogens (tertiary/aromatic N) is 4. The van der Waals surface area contributed by atoms with Crippen LogP contribution in [0.5, 0.6) is 0 Å². The number of nitriles is 1. The quantitative estimate of drug-likeness (QED) is 0.756. The molecule has 0 amide bonds. The fourth-order valence-electron chi connectivity index (χ4n) is 2.16. The van der Waals surface area contributed by atoms with Crippen LogP contribution in [-0.4, -0.2) is 23.1 Å². The normalized spacial score (nSPS) is 20.1. The summed E-state index contributed by atoms with van der Waals surface area (Å²) < 4.78 is 0. The molecule has 2 heterocycles. The zero-order valence-corrected chi connectivity index (χ0v) is 9.72. The molecule has 0 saturated carbocycles. The lowest BCUT2D eigenvalue weighted by molar-refractivity contribution is 0.422. The van der Waals surface area contributed by atoms with E-state index < -0.39 is 0 Å². The van der Waals surface area contributed by atoms with Gasteiger partial charge in [-0.25, -0.2) is 9.97 Å². The van der Waals surface area contributed by atoms with Crippen molar-refractivity contribution in [2.24, 2.45) is 11.8 Å². The van der Waals surface area contributed by atoms with E-state index in [0.717, 1.165) is 18.9 Å². The second kappa shape index (κ2) is 4.48. The minimum Gasteiger partial charge on any atom is -0.354 e. The Bertz CT molecular complexity index is 408. The van der Waals surface area contributed by atoms with Gasteiger partial charge in [-0.2, -0.15) is 5.26 Å².